The van der Waals surface area contributed by atoms with E-state index in [4.69, 9.17) is 0 Å². The topological polar surface area (TPSA) is 29.1 Å². The first-order valence-electron chi connectivity index (χ1n) is 2.01. The molecule has 0 aromatic rings. The van der Waals surface area contributed by atoms with Crippen LogP contribution >= 0.6 is 0 Å². The van der Waals surface area contributed by atoms with Crippen molar-refractivity contribution in [3.8, 4) is 0 Å². The van der Waals surface area contributed by atoms with Crippen molar-refractivity contribution < 1.29 is 4.79 Å². The number of hydrogen-bond donors (Lipinski definition) is 1. The second-order valence-electron chi connectivity index (χ2n) is 1.09. The van der Waals surface area contributed by atoms with Crippen LogP contribution in [0.25, 0.3) is 0 Å². The zero-order valence-electron chi connectivity index (χ0n) is 4.12. The number of amides is 1. The van der Waals surface area contributed by atoms with E-state index in [9.17, 15) is 4.79 Å². The average Bonchev–Trinajstić information content (AvgIpc) is 1.35. The summed E-state index contributed by atoms with van der Waals surface area (Å²) in [6.07, 6.45) is 0. The van der Waals surface area contributed by atoms with Gasteiger partial charge in [-0.2, -0.15) is 0 Å². The van der Waals surface area contributed by atoms with E-state index in [1.807, 2.05) is 6.92 Å². The van der Waals surface area contributed by atoms with Crippen molar-refractivity contribution in [3.63, 3.8) is 0 Å². The van der Waals surface area contributed by atoms with Gasteiger partial charge in [-0.05, 0) is 6.92 Å². The first-order chi connectivity index (χ1) is 2.77. The van der Waals surface area contributed by atoms with E-state index in [1.54, 1.807) is 0 Å². The number of carbonyl (C=O) groups excluding carboxylic acids is 1. The second-order valence-corrected chi connectivity index (χ2v) is 1.09. The molecule has 0 rings (SSSR count). The van der Waals surface area contributed by atoms with Gasteiger partial charge in [0.25, 0.3) is 0 Å². The predicted octanol–water partition coefficient (Wildman–Crippen LogP) is -0.506. The van der Waals surface area contributed by atoms with Crippen molar-refractivity contribution in [2.45, 2.75) is 13.8 Å². The molecular formula is C4H10NNaO. The van der Waals surface area contributed by atoms with Crippen LogP contribution in [-0.4, -0.2) is 42.0 Å². The van der Waals surface area contributed by atoms with Crippen LogP contribution in [0.2, 0.25) is 0 Å². The van der Waals surface area contributed by atoms with Crippen molar-refractivity contribution in [2.75, 3.05) is 6.54 Å². The molecule has 0 aliphatic carbocycles. The molecule has 0 unspecified atom stereocenters. The molecule has 0 saturated heterocycles. The molecule has 3 heteroatoms. The molecule has 0 saturated carbocycles. The first kappa shape index (κ1) is 10.5. The summed E-state index contributed by atoms with van der Waals surface area (Å²) < 4.78 is 0. The van der Waals surface area contributed by atoms with Gasteiger partial charge in [-0.15, -0.1) is 0 Å². The quantitative estimate of drug-likeness (QED) is 0.454. The fourth-order valence-corrected chi connectivity index (χ4v) is 0.249. The molecule has 0 radical (unpaired) electrons. The maximum absolute atomic E-state index is 9.93. The fourth-order valence-electron chi connectivity index (χ4n) is 0.249. The van der Waals surface area contributed by atoms with Gasteiger partial charge in [0.15, 0.2) is 0 Å². The minimum absolute atomic E-state index is 0. The van der Waals surface area contributed by atoms with Gasteiger partial charge >= 0.3 is 29.6 Å². The van der Waals surface area contributed by atoms with Crippen LogP contribution in [0.1, 0.15) is 13.8 Å². The summed E-state index contributed by atoms with van der Waals surface area (Å²) in [6, 6.07) is 0. The van der Waals surface area contributed by atoms with Gasteiger partial charge in [-0.3, -0.25) is 4.79 Å². The van der Waals surface area contributed by atoms with Gasteiger partial charge in [-0.25, -0.2) is 0 Å². The third-order valence-electron chi connectivity index (χ3n) is 0.426. The van der Waals surface area contributed by atoms with Gasteiger partial charge in [-0.1, -0.05) is 0 Å². The third kappa shape index (κ3) is 10.7. The van der Waals surface area contributed by atoms with Crippen LogP contribution in [-0.2, 0) is 4.79 Å². The van der Waals surface area contributed by atoms with E-state index in [0.29, 0.717) is 0 Å². The van der Waals surface area contributed by atoms with E-state index in [-0.39, 0.29) is 35.5 Å². The molecule has 1 amide bonds. The van der Waals surface area contributed by atoms with Crippen molar-refractivity contribution in [3.05, 3.63) is 0 Å². The zero-order chi connectivity index (χ0) is 4.99. The molecule has 1 N–H and O–H groups in total. The molecule has 0 aliphatic rings. The van der Waals surface area contributed by atoms with Crippen LogP contribution in [0, 0.1) is 0 Å². The summed E-state index contributed by atoms with van der Waals surface area (Å²) in [5.41, 5.74) is 0. The molecule has 7 heavy (non-hydrogen) atoms. The molecule has 0 atom stereocenters. The molecule has 0 bridgehead atoms. The summed E-state index contributed by atoms with van der Waals surface area (Å²) >= 11 is 0. The molecule has 0 aromatic heterocycles. The predicted molar refractivity (Wildman–Crippen MR) is 31.5 cm³/mol. The summed E-state index contributed by atoms with van der Waals surface area (Å²) in [5, 5.41) is 2.57. The first-order valence-corrected chi connectivity index (χ1v) is 2.01. The molecular weight excluding hydrogens is 101 g/mol. The molecule has 0 spiro atoms. The van der Waals surface area contributed by atoms with E-state index < -0.39 is 0 Å². The van der Waals surface area contributed by atoms with Crippen LogP contribution in [0.3, 0.4) is 0 Å². The van der Waals surface area contributed by atoms with Crippen molar-refractivity contribution in [2.24, 2.45) is 0 Å². The Hall–Kier alpha value is 0.470. The monoisotopic (exact) mass is 111 g/mol. The summed E-state index contributed by atoms with van der Waals surface area (Å²) in [5.74, 6) is 0.0394. The van der Waals surface area contributed by atoms with Gasteiger partial charge < -0.3 is 5.32 Å². The van der Waals surface area contributed by atoms with Crippen LogP contribution < -0.4 is 5.32 Å². The van der Waals surface area contributed by atoms with E-state index >= 15 is 0 Å². The molecule has 0 aliphatic heterocycles. The Bertz CT molecular complexity index is 55.7. The number of nitrogens with one attached hydrogen (secondary N) is 1. The number of hydrogen-bond acceptors (Lipinski definition) is 1. The maximum atomic E-state index is 9.93. The van der Waals surface area contributed by atoms with Crippen molar-refractivity contribution >= 4 is 35.5 Å². The second kappa shape index (κ2) is 6.47. The summed E-state index contributed by atoms with van der Waals surface area (Å²) in [4.78, 5) is 9.93. The van der Waals surface area contributed by atoms with Crippen molar-refractivity contribution in [1.82, 2.24) is 5.32 Å². The Morgan fingerprint density at radius 1 is 1.71 bits per heavy atom. The summed E-state index contributed by atoms with van der Waals surface area (Å²) in [7, 11) is 0. The van der Waals surface area contributed by atoms with Crippen LogP contribution in [0.15, 0.2) is 0 Å². The summed E-state index contributed by atoms with van der Waals surface area (Å²) in [6.45, 7) is 4.13. The van der Waals surface area contributed by atoms with Gasteiger partial charge in [0.1, 0.15) is 0 Å². The number of carbonyl (C=O) groups is 1. The molecule has 0 heterocycles. The van der Waals surface area contributed by atoms with Gasteiger partial charge in [0.2, 0.25) is 5.91 Å². The Balaban J connectivity index is 0. The standard InChI is InChI=1S/C4H9NO.Na.H/c1-3-5-4(2)6;;/h3H2,1-2H3,(H,5,6);;. The van der Waals surface area contributed by atoms with Crippen molar-refractivity contribution in [1.29, 1.82) is 0 Å². The molecule has 38 valence electrons. The molecule has 2 nitrogen and oxygen atoms in total. The minimum atomic E-state index is 0. The number of rotatable bonds is 1. The van der Waals surface area contributed by atoms with E-state index in [2.05, 4.69) is 5.32 Å². The van der Waals surface area contributed by atoms with Crippen LogP contribution in [0.5, 0.6) is 0 Å². The Morgan fingerprint density at radius 3 is 2.14 bits per heavy atom. The van der Waals surface area contributed by atoms with Gasteiger partial charge in [0.05, 0.1) is 0 Å². The average molecular weight is 111 g/mol. The Kier molecular flexibility index (Phi) is 9.66. The Labute approximate surface area is 66.0 Å². The van der Waals surface area contributed by atoms with Gasteiger partial charge in [0, 0.05) is 13.5 Å². The SMILES string of the molecule is CCNC(C)=O.[NaH]. The normalized spacial score (nSPS) is 6.57. The molecule has 0 aromatic carbocycles. The molecule has 0 fully saturated rings. The van der Waals surface area contributed by atoms with E-state index in [0.717, 1.165) is 6.54 Å². The Morgan fingerprint density at radius 2 is 2.14 bits per heavy atom. The van der Waals surface area contributed by atoms with E-state index in [1.165, 1.54) is 6.92 Å². The third-order valence-corrected chi connectivity index (χ3v) is 0.426. The van der Waals surface area contributed by atoms with Crippen LogP contribution in [0.4, 0.5) is 0 Å². The fraction of sp³-hybridized carbons (Fsp3) is 0.750. The zero-order valence-corrected chi connectivity index (χ0v) is 4.12.